The lowest BCUT2D eigenvalue weighted by Gasteiger charge is -2.27. The van der Waals surface area contributed by atoms with Gasteiger partial charge in [-0.15, -0.1) is 0 Å². The summed E-state index contributed by atoms with van der Waals surface area (Å²) in [5.41, 5.74) is 3.16. The van der Waals surface area contributed by atoms with Gasteiger partial charge in [0, 0.05) is 23.2 Å². The van der Waals surface area contributed by atoms with E-state index in [9.17, 15) is 14.4 Å². The van der Waals surface area contributed by atoms with Crippen LogP contribution in [0.3, 0.4) is 0 Å². The number of hydrogen-bond acceptors (Lipinski definition) is 3. The third-order valence-corrected chi connectivity index (χ3v) is 6.51. The fraction of sp³-hybridized carbons (Fsp3) is 0.222. The lowest BCUT2D eigenvalue weighted by molar-refractivity contribution is 0.0654. The van der Waals surface area contributed by atoms with Gasteiger partial charge in [0.25, 0.3) is 17.7 Å². The Bertz CT molecular complexity index is 1190. The molecule has 1 heterocycles. The monoisotopic (exact) mass is 504 g/mol. The van der Waals surface area contributed by atoms with Crippen LogP contribution in [0.25, 0.3) is 0 Å². The van der Waals surface area contributed by atoms with Gasteiger partial charge in [-0.2, -0.15) is 0 Å². The van der Waals surface area contributed by atoms with Gasteiger partial charge in [0.1, 0.15) is 0 Å². The smallest absolute Gasteiger partial charge is 0.261 e. The third kappa shape index (κ3) is 4.48. The van der Waals surface area contributed by atoms with E-state index in [1.165, 1.54) is 4.90 Å². The quantitative estimate of drug-likeness (QED) is 0.419. The average Bonchev–Trinajstić information content (AvgIpc) is 3.04. The molecule has 3 aromatic rings. The van der Waals surface area contributed by atoms with Crippen molar-refractivity contribution in [2.45, 2.75) is 26.2 Å². The second-order valence-corrected chi connectivity index (χ2v) is 9.90. The first-order valence-electron chi connectivity index (χ1n) is 10.8. The molecule has 33 heavy (non-hydrogen) atoms. The second kappa shape index (κ2) is 8.94. The Morgan fingerprint density at radius 2 is 1.39 bits per heavy atom. The number of nitrogens with zero attached hydrogens (tertiary/aromatic N) is 2. The van der Waals surface area contributed by atoms with Crippen molar-refractivity contribution in [1.82, 2.24) is 4.90 Å². The number of carbonyl (C=O) groups excluding carboxylic acids is 3. The average molecular weight is 505 g/mol. The molecule has 0 N–H and O–H groups in total. The van der Waals surface area contributed by atoms with Crippen LogP contribution in [0, 0.1) is 0 Å². The Morgan fingerprint density at radius 3 is 1.94 bits per heavy atom. The van der Waals surface area contributed by atoms with Crippen molar-refractivity contribution in [3.8, 4) is 0 Å². The molecule has 3 aromatic carbocycles. The fourth-order valence-electron chi connectivity index (χ4n) is 3.91. The van der Waals surface area contributed by atoms with E-state index in [0.29, 0.717) is 26.9 Å². The standard InChI is InChI=1S/C27H25BrN2O3/c1-27(2,3)18-12-14-19(15-13-18)29(26(33)22-10-6-7-11-23(22)28)16-17-30-24(31)20-8-4-5-9-21(20)25(30)32/h4-15H,16-17H2,1-3H3. The number of amides is 3. The third-order valence-electron chi connectivity index (χ3n) is 5.82. The first kappa shape index (κ1) is 22.9. The summed E-state index contributed by atoms with van der Waals surface area (Å²) >= 11 is 3.47. The molecule has 0 fully saturated rings. The van der Waals surface area contributed by atoms with E-state index in [-0.39, 0.29) is 36.2 Å². The van der Waals surface area contributed by atoms with E-state index in [2.05, 4.69) is 36.7 Å². The number of fused-ring (bicyclic) bond motifs is 1. The normalized spacial score (nSPS) is 13.3. The molecule has 1 aliphatic heterocycles. The van der Waals surface area contributed by atoms with E-state index >= 15 is 0 Å². The Hall–Kier alpha value is -3.25. The van der Waals surface area contributed by atoms with Gasteiger partial charge in [0.2, 0.25) is 0 Å². The van der Waals surface area contributed by atoms with Crippen molar-refractivity contribution in [3.63, 3.8) is 0 Å². The highest BCUT2D eigenvalue weighted by Gasteiger charge is 2.35. The number of benzene rings is 3. The van der Waals surface area contributed by atoms with Crippen LogP contribution in [-0.2, 0) is 5.41 Å². The van der Waals surface area contributed by atoms with Crippen molar-refractivity contribution < 1.29 is 14.4 Å². The molecule has 1 aliphatic rings. The van der Waals surface area contributed by atoms with Crippen molar-refractivity contribution >= 4 is 39.3 Å². The molecular weight excluding hydrogens is 480 g/mol. The van der Waals surface area contributed by atoms with Crippen molar-refractivity contribution in [3.05, 3.63) is 99.5 Å². The van der Waals surface area contributed by atoms with Crippen molar-refractivity contribution in [2.75, 3.05) is 18.0 Å². The lowest BCUT2D eigenvalue weighted by Crippen LogP contribution is -2.41. The lowest BCUT2D eigenvalue weighted by atomic mass is 9.87. The highest BCUT2D eigenvalue weighted by atomic mass is 79.9. The fourth-order valence-corrected chi connectivity index (χ4v) is 4.37. The zero-order valence-corrected chi connectivity index (χ0v) is 20.4. The zero-order chi connectivity index (χ0) is 23.8. The van der Waals surface area contributed by atoms with E-state index in [1.807, 2.05) is 42.5 Å². The van der Waals surface area contributed by atoms with Gasteiger partial charge in [-0.05, 0) is 63.3 Å². The number of imide groups is 1. The molecular formula is C27H25BrN2O3. The molecule has 0 saturated heterocycles. The maximum absolute atomic E-state index is 13.5. The number of rotatable bonds is 5. The summed E-state index contributed by atoms with van der Waals surface area (Å²) < 4.78 is 0.687. The van der Waals surface area contributed by atoms with Gasteiger partial charge in [-0.25, -0.2) is 0 Å². The molecule has 0 radical (unpaired) electrons. The Kier molecular flexibility index (Phi) is 6.21. The van der Waals surface area contributed by atoms with Gasteiger partial charge < -0.3 is 4.90 Å². The van der Waals surface area contributed by atoms with E-state index in [0.717, 1.165) is 5.56 Å². The molecule has 0 aromatic heterocycles. The number of hydrogen-bond donors (Lipinski definition) is 0. The van der Waals surface area contributed by atoms with Gasteiger partial charge in [-0.3, -0.25) is 19.3 Å². The van der Waals surface area contributed by atoms with Crippen molar-refractivity contribution in [1.29, 1.82) is 0 Å². The number of carbonyl (C=O) groups is 3. The summed E-state index contributed by atoms with van der Waals surface area (Å²) in [4.78, 5) is 42.0. The molecule has 5 nitrogen and oxygen atoms in total. The van der Waals surface area contributed by atoms with Crippen LogP contribution in [0.5, 0.6) is 0 Å². The summed E-state index contributed by atoms with van der Waals surface area (Å²) in [5, 5.41) is 0. The van der Waals surface area contributed by atoms with Crippen LogP contribution in [0.4, 0.5) is 5.69 Å². The molecule has 0 spiro atoms. The van der Waals surface area contributed by atoms with E-state index < -0.39 is 0 Å². The van der Waals surface area contributed by atoms with E-state index in [1.54, 1.807) is 35.2 Å². The summed E-state index contributed by atoms with van der Waals surface area (Å²) in [6.45, 7) is 6.68. The second-order valence-electron chi connectivity index (χ2n) is 9.04. The van der Waals surface area contributed by atoms with Gasteiger partial charge >= 0.3 is 0 Å². The highest BCUT2D eigenvalue weighted by Crippen LogP contribution is 2.28. The topological polar surface area (TPSA) is 57.7 Å². The molecule has 0 bridgehead atoms. The highest BCUT2D eigenvalue weighted by molar-refractivity contribution is 9.10. The van der Waals surface area contributed by atoms with Gasteiger partial charge in [0.05, 0.1) is 16.7 Å². The molecule has 0 atom stereocenters. The van der Waals surface area contributed by atoms with Crippen LogP contribution >= 0.6 is 15.9 Å². The largest absolute Gasteiger partial charge is 0.307 e. The minimum atomic E-state index is -0.327. The minimum Gasteiger partial charge on any atom is -0.307 e. The Labute approximate surface area is 202 Å². The minimum absolute atomic E-state index is 0.0179. The Balaban J connectivity index is 1.64. The van der Waals surface area contributed by atoms with Crippen LogP contribution in [-0.4, -0.2) is 35.7 Å². The first-order valence-corrected chi connectivity index (χ1v) is 11.6. The van der Waals surface area contributed by atoms with E-state index in [4.69, 9.17) is 0 Å². The number of anilines is 1. The van der Waals surface area contributed by atoms with Crippen LogP contribution in [0.15, 0.2) is 77.3 Å². The predicted octanol–water partition coefficient (Wildman–Crippen LogP) is 5.69. The Morgan fingerprint density at radius 1 is 0.848 bits per heavy atom. The molecule has 0 unspecified atom stereocenters. The molecule has 0 saturated carbocycles. The molecule has 0 aliphatic carbocycles. The molecule has 6 heteroatoms. The zero-order valence-electron chi connectivity index (χ0n) is 18.8. The maximum atomic E-state index is 13.5. The molecule has 4 rings (SSSR count). The molecule has 3 amide bonds. The maximum Gasteiger partial charge on any atom is 0.261 e. The number of halogens is 1. The first-order chi connectivity index (χ1) is 15.7. The van der Waals surface area contributed by atoms with Crippen LogP contribution in [0.1, 0.15) is 57.4 Å². The summed E-state index contributed by atoms with van der Waals surface area (Å²) in [6.07, 6.45) is 0. The summed E-state index contributed by atoms with van der Waals surface area (Å²) in [6, 6.07) is 21.9. The van der Waals surface area contributed by atoms with Gasteiger partial charge in [0.15, 0.2) is 0 Å². The molecule has 168 valence electrons. The van der Waals surface area contributed by atoms with Crippen LogP contribution < -0.4 is 4.90 Å². The van der Waals surface area contributed by atoms with Crippen molar-refractivity contribution in [2.24, 2.45) is 0 Å². The predicted molar refractivity (Wildman–Crippen MR) is 133 cm³/mol. The van der Waals surface area contributed by atoms with Crippen LogP contribution in [0.2, 0.25) is 0 Å². The summed E-state index contributed by atoms with van der Waals surface area (Å²) in [7, 11) is 0. The SMILES string of the molecule is CC(C)(C)c1ccc(N(CCN2C(=O)c3ccccc3C2=O)C(=O)c2ccccc2Br)cc1. The summed E-state index contributed by atoms with van der Waals surface area (Å²) in [5.74, 6) is -0.860. The van der Waals surface area contributed by atoms with Gasteiger partial charge in [-0.1, -0.05) is 57.2 Å².